The summed E-state index contributed by atoms with van der Waals surface area (Å²) >= 11 is 0. The van der Waals surface area contributed by atoms with Gasteiger partial charge in [-0.2, -0.15) is 27.1 Å². The number of rotatable bonds is 16. The molecule has 0 aromatic heterocycles. The van der Waals surface area contributed by atoms with E-state index in [1.54, 1.807) is 0 Å². The van der Waals surface area contributed by atoms with Gasteiger partial charge in [-0.3, -0.25) is 9.11 Å². The summed E-state index contributed by atoms with van der Waals surface area (Å²) in [6.45, 7) is 1.85. The summed E-state index contributed by atoms with van der Waals surface area (Å²) in [5, 5.41) is 51.1. The van der Waals surface area contributed by atoms with Gasteiger partial charge in [0.2, 0.25) is 0 Å². The van der Waals surface area contributed by atoms with Crippen molar-refractivity contribution in [3.05, 3.63) is 96.1 Å². The molecule has 35 heteroatoms. The number of likely N-dealkylation sites (N-methyl/N-ethyl adjacent to an activating group) is 1. The number of azo groups is 2. The van der Waals surface area contributed by atoms with Crippen LogP contribution in [0.25, 0.3) is 33.7 Å². The minimum absolute atomic E-state index is 0. The molecule has 0 heterocycles. The number of hydrogen-bond acceptors (Lipinski definition) is 24. The molecule has 6 rings (SSSR count). The van der Waals surface area contributed by atoms with Gasteiger partial charge in [0, 0.05) is 6.07 Å². The van der Waals surface area contributed by atoms with Crippen LogP contribution in [0.2, 0.25) is 0 Å². The molecule has 74 heavy (non-hydrogen) atoms. The Morgan fingerprint density at radius 3 is 1.19 bits per heavy atom. The van der Waals surface area contributed by atoms with E-state index in [9.17, 15) is 88.0 Å². The molecular formula is C39H34LiN5NaO22S6-. The third-order valence-electron chi connectivity index (χ3n) is 9.68. The zero-order valence-corrected chi connectivity index (χ0v) is 44.9. The minimum Gasteiger partial charge on any atom is -0.744 e. The average Bonchev–Trinajstić information content (AvgIpc) is 3.25. The van der Waals surface area contributed by atoms with E-state index in [0.29, 0.717) is 60.7 Å². The standard InChI is InChI=1S/C34H24N4O20S6.C5H13NO2.Li.Na/c39-29-15-25(61(47,48)49)9-19-7-23(59(41,42)43)13-27(33(19)29)37-35-21-5-3-17(31(11-21)63(53,54)55)1-2-18-4-6-22(12-32(18)64(56,57)58)36-38-28-14-24(60(44,45)46)8-20-10-26(62(50,51)52)16-30(40)34(20)28;1-6(2-4-7)3-5-8;;/h1-16,39-40H,(H,41,42,43)(H,44,45,46)(H,47,48,49)(H,50,51,52)(H,53,54,55)(H,56,57,58);7-8H,2-5H2,1H3;;/q;;2*+1/p-3/b2-1+,37-35?,38-36?;;;. The molecule has 6 aromatic rings. The Morgan fingerprint density at radius 1 is 0.486 bits per heavy atom. The molecule has 0 amide bonds. The third kappa shape index (κ3) is 16.4. The Balaban J connectivity index is 0.00000133. The van der Waals surface area contributed by atoms with Crippen LogP contribution in [-0.2, 0) is 60.7 Å². The van der Waals surface area contributed by atoms with Crippen LogP contribution < -0.4 is 53.3 Å². The molecule has 6 aromatic carbocycles. The van der Waals surface area contributed by atoms with Gasteiger partial charge in [-0.25, -0.2) is 33.7 Å². The van der Waals surface area contributed by atoms with Crippen LogP contribution in [-0.4, -0.2) is 132 Å². The van der Waals surface area contributed by atoms with Crippen molar-refractivity contribution in [1.29, 1.82) is 0 Å². The number of phenolic OH excluding ortho intramolecular Hbond substituents is 2. The summed E-state index contributed by atoms with van der Waals surface area (Å²) in [4.78, 5) is -4.63. The first kappa shape index (κ1) is 63.6. The maximum Gasteiger partial charge on any atom is 1.00 e. The zero-order chi connectivity index (χ0) is 53.9. The average molecular weight is 1150 g/mol. The minimum atomic E-state index is -5.41. The first-order valence-electron chi connectivity index (χ1n) is 19.3. The summed E-state index contributed by atoms with van der Waals surface area (Å²) in [6, 6.07) is 10.5. The first-order chi connectivity index (χ1) is 33.1. The van der Waals surface area contributed by atoms with Crippen molar-refractivity contribution >= 4 is 117 Å². The third-order valence-corrected chi connectivity index (χ3v) is 14.8. The zero-order valence-electron chi connectivity index (χ0n) is 38.0. The molecule has 0 bridgehead atoms. The summed E-state index contributed by atoms with van der Waals surface area (Å²) in [5.74, 6) is -1.80. The molecule has 0 aliphatic heterocycles. The van der Waals surface area contributed by atoms with Gasteiger partial charge in [-0.15, -0.1) is 10.2 Å². The topological polar surface area (TPSA) is 472 Å². The molecule has 0 aliphatic rings. The largest absolute Gasteiger partial charge is 1.00 e. The number of phenols is 2. The van der Waals surface area contributed by atoms with Crippen LogP contribution >= 0.6 is 0 Å². The molecule has 386 valence electrons. The van der Waals surface area contributed by atoms with Crippen molar-refractivity contribution < 1.29 is 152 Å². The molecule has 0 fully saturated rings. The van der Waals surface area contributed by atoms with E-state index in [2.05, 4.69) is 20.5 Å². The van der Waals surface area contributed by atoms with E-state index in [0.717, 1.165) is 54.4 Å². The molecular weight excluding hydrogens is 1110 g/mol. The Kier molecular flexibility index (Phi) is 21.1. The van der Waals surface area contributed by atoms with Gasteiger partial charge in [-0.05, 0) is 88.6 Å². The maximum atomic E-state index is 12.4. The van der Waals surface area contributed by atoms with Crippen LogP contribution in [0.5, 0.6) is 11.5 Å². The van der Waals surface area contributed by atoms with E-state index in [-0.39, 0.29) is 72.6 Å². The molecule has 0 aliphatic carbocycles. The summed E-state index contributed by atoms with van der Waals surface area (Å²) in [5.41, 5.74) is -2.77. The fraction of sp³-hybridized carbons (Fsp3) is 0.128. The SMILES string of the molecule is C[NH+](CCO)CCO.O=S(=O)([O-])c1cc(O)c2c(N=Nc3ccc(/C=C/c4ccc(N=Nc5cc(S(=O)(=O)[O-])cc6cc(S(=O)(=O)O)cc(O)c56)cc4S(=O)(=O)[O-])c(S(=O)(=O)O)c3)cc(S(=O)(=O)[O-])cc2c1.[Li+].[Na+]. The van der Waals surface area contributed by atoms with Crippen LogP contribution in [0.1, 0.15) is 11.1 Å². The van der Waals surface area contributed by atoms with E-state index in [1.165, 1.54) is 0 Å². The molecule has 0 saturated heterocycles. The second-order valence-electron chi connectivity index (χ2n) is 14.8. The van der Waals surface area contributed by atoms with Crippen LogP contribution in [0.15, 0.2) is 135 Å². The van der Waals surface area contributed by atoms with Gasteiger partial charge < -0.3 is 43.5 Å². The van der Waals surface area contributed by atoms with Gasteiger partial charge in [0.05, 0.1) is 78.3 Å². The number of fused-ring (bicyclic) bond motifs is 2. The number of aromatic hydroxyl groups is 2. The van der Waals surface area contributed by atoms with Gasteiger partial charge in [0.25, 0.3) is 20.2 Å². The van der Waals surface area contributed by atoms with Crippen molar-refractivity contribution in [1.82, 2.24) is 0 Å². The van der Waals surface area contributed by atoms with Crippen molar-refractivity contribution in [2.75, 3.05) is 33.4 Å². The normalized spacial score (nSPS) is 12.8. The predicted octanol–water partition coefficient (Wildman–Crippen LogP) is -3.99. The molecule has 0 radical (unpaired) electrons. The van der Waals surface area contributed by atoms with Crippen LogP contribution in [0, 0.1) is 0 Å². The van der Waals surface area contributed by atoms with Gasteiger partial charge >= 0.3 is 48.4 Å². The second kappa shape index (κ2) is 24.5. The molecule has 0 spiro atoms. The monoisotopic (exact) mass is 1150 g/mol. The summed E-state index contributed by atoms with van der Waals surface area (Å²) < 4.78 is 210. The smallest absolute Gasteiger partial charge is 0.744 e. The Labute approximate surface area is 455 Å². The quantitative estimate of drug-likeness (QED) is 0.0210. The van der Waals surface area contributed by atoms with Crippen LogP contribution in [0.4, 0.5) is 22.7 Å². The summed E-state index contributed by atoms with van der Waals surface area (Å²) in [6.07, 6.45) is 1.84. The molecule has 7 N–H and O–H groups in total. The van der Waals surface area contributed by atoms with Crippen molar-refractivity contribution in [3.8, 4) is 11.5 Å². The molecule has 0 atom stereocenters. The number of nitrogens with one attached hydrogen (secondary N) is 1. The molecule has 0 saturated carbocycles. The van der Waals surface area contributed by atoms with Gasteiger partial charge in [0.15, 0.2) is 0 Å². The van der Waals surface area contributed by atoms with Gasteiger partial charge in [0.1, 0.15) is 70.0 Å². The predicted molar refractivity (Wildman–Crippen MR) is 244 cm³/mol. The fourth-order valence-electron chi connectivity index (χ4n) is 6.37. The Bertz CT molecular complexity index is 3690. The number of benzene rings is 6. The first-order valence-corrected chi connectivity index (χ1v) is 27.9. The van der Waals surface area contributed by atoms with Crippen molar-refractivity contribution in [3.63, 3.8) is 0 Å². The van der Waals surface area contributed by atoms with Gasteiger partial charge in [-0.1, -0.05) is 24.3 Å². The molecule has 0 unspecified atom stereocenters. The van der Waals surface area contributed by atoms with E-state index < -0.39 is 146 Å². The van der Waals surface area contributed by atoms with E-state index in [1.807, 2.05) is 7.05 Å². The number of aliphatic hydroxyl groups is 2. The Morgan fingerprint density at radius 2 is 0.838 bits per heavy atom. The second-order valence-corrected chi connectivity index (χ2v) is 23.1. The Hall–Kier alpha value is -4.68. The van der Waals surface area contributed by atoms with Crippen LogP contribution in [0.3, 0.4) is 0 Å². The fourth-order valence-corrected chi connectivity index (χ4v) is 9.88. The molecule has 27 nitrogen and oxygen atoms in total. The number of quaternary nitrogens is 1. The van der Waals surface area contributed by atoms with E-state index in [4.69, 9.17) is 10.2 Å². The maximum absolute atomic E-state index is 12.4. The number of hydrogen-bond donors (Lipinski definition) is 7. The van der Waals surface area contributed by atoms with Crippen molar-refractivity contribution in [2.24, 2.45) is 20.5 Å². The number of aliphatic hydroxyl groups excluding tert-OH is 2. The number of nitrogens with zero attached hydrogens (tertiary/aromatic N) is 4. The van der Waals surface area contributed by atoms with E-state index >= 15 is 0 Å². The summed E-state index contributed by atoms with van der Waals surface area (Å²) in [7, 11) is -29.3. The van der Waals surface area contributed by atoms with Crippen molar-refractivity contribution in [2.45, 2.75) is 29.4 Å².